The van der Waals surface area contributed by atoms with Crippen LogP contribution in [-0.4, -0.2) is 26.5 Å². The fourth-order valence-corrected chi connectivity index (χ4v) is 3.91. The van der Waals surface area contributed by atoms with Gasteiger partial charge in [-0.1, -0.05) is 26.7 Å². The summed E-state index contributed by atoms with van der Waals surface area (Å²) >= 11 is 0. The van der Waals surface area contributed by atoms with Crippen LogP contribution < -0.4 is 10.0 Å². The normalized spacial score (nSPS) is 23.3. The van der Waals surface area contributed by atoms with Crippen molar-refractivity contribution in [2.75, 3.05) is 13.1 Å². The quantitative estimate of drug-likeness (QED) is 0.722. The molecule has 120 valence electrons. The van der Waals surface area contributed by atoms with E-state index >= 15 is 0 Å². The number of hydrogen-bond donors (Lipinski definition) is 3. The van der Waals surface area contributed by atoms with E-state index in [2.05, 4.69) is 21.9 Å². The summed E-state index contributed by atoms with van der Waals surface area (Å²) in [5.41, 5.74) is 0.892. The lowest BCUT2D eigenvalue weighted by molar-refractivity contribution is 0.290. The summed E-state index contributed by atoms with van der Waals surface area (Å²) < 4.78 is 27.3. The molecule has 1 fully saturated rings. The van der Waals surface area contributed by atoms with Gasteiger partial charge in [-0.2, -0.15) is 0 Å². The summed E-state index contributed by atoms with van der Waals surface area (Å²) in [5.74, 6) is 1.27. The molecule has 0 aromatic carbocycles. The van der Waals surface area contributed by atoms with Crippen molar-refractivity contribution in [3.8, 4) is 0 Å². The lowest BCUT2D eigenvalue weighted by atomic mass is 9.83. The summed E-state index contributed by atoms with van der Waals surface area (Å²) in [6.45, 7) is 6.37. The van der Waals surface area contributed by atoms with E-state index in [-0.39, 0.29) is 0 Å². The second kappa shape index (κ2) is 7.42. The maximum absolute atomic E-state index is 12.3. The zero-order chi connectivity index (χ0) is 15.3. The van der Waals surface area contributed by atoms with Crippen LogP contribution in [0.2, 0.25) is 0 Å². The maximum atomic E-state index is 12.3. The standard InChI is InChI=1S/C15H27N3O2S/c1-3-16-10-14-8-15(11-17-14)21(19,20)18-9-13-6-4-12(2)5-7-13/h8,11-13,16-18H,3-7,9-10H2,1-2H3. The van der Waals surface area contributed by atoms with Crippen molar-refractivity contribution in [2.24, 2.45) is 11.8 Å². The smallest absolute Gasteiger partial charge is 0.242 e. The molecule has 0 unspecified atom stereocenters. The van der Waals surface area contributed by atoms with Crippen LogP contribution in [0.15, 0.2) is 17.2 Å². The minimum absolute atomic E-state index is 0.333. The van der Waals surface area contributed by atoms with E-state index in [4.69, 9.17) is 0 Å². The third-order valence-corrected chi connectivity index (χ3v) is 5.69. The molecule has 3 N–H and O–H groups in total. The highest BCUT2D eigenvalue weighted by Crippen LogP contribution is 2.28. The second-order valence-electron chi connectivity index (χ2n) is 6.12. The molecule has 2 rings (SSSR count). The van der Waals surface area contributed by atoms with E-state index in [0.717, 1.165) is 31.0 Å². The molecule has 1 aliphatic rings. The Bertz CT molecular complexity index is 531. The highest BCUT2D eigenvalue weighted by atomic mass is 32.2. The zero-order valence-electron chi connectivity index (χ0n) is 13.0. The Hall–Kier alpha value is -0.850. The van der Waals surface area contributed by atoms with Crippen molar-refractivity contribution in [3.05, 3.63) is 18.0 Å². The summed E-state index contributed by atoms with van der Waals surface area (Å²) in [7, 11) is -3.39. The molecule has 1 aromatic rings. The maximum Gasteiger partial charge on any atom is 0.242 e. The molecule has 1 aromatic heterocycles. The van der Waals surface area contributed by atoms with E-state index in [1.54, 1.807) is 12.3 Å². The minimum Gasteiger partial charge on any atom is -0.363 e. The molecule has 0 bridgehead atoms. The summed E-state index contributed by atoms with van der Waals surface area (Å²) in [6, 6.07) is 1.70. The van der Waals surface area contributed by atoms with E-state index in [1.807, 2.05) is 6.92 Å². The Balaban J connectivity index is 1.87. The molecular weight excluding hydrogens is 286 g/mol. The molecule has 0 atom stereocenters. The van der Waals surface area contributed by atoms with E-state index in [0.29, 0.717) is 23.9 Å². The summed E-state index contributed by atoms with van der Waals surface area (Å²) in [4.78, 5) is 3.34. The first-order valence-corrected chi connectivity index (χ1v) is 9.37. The molecule has 0 saturated heterocycles. The van der Waals surface area contributed by atoms with E-state index < -0.39 is 10.0 Å². The number of hydrogen-bond acceptors (Lipinski definition) is 3. The van der Waals surface area contributed by atoms with Gasteiger partial charge in [0.2, 0.25) is 10.0 Å². The molecule has 6 heteroatoms. The lowest BCUT2D eigenvalue weighted by Crippen LogP contribution is -2.31. The van der Waals surface area contributed by atoms with Gasteiger partial charge in [0.1, 0.15) is 0 Å². The van der Waals surface area contributed by atoms with Crippen LogP contribution in [0.5, 0.6) is 0 Å². The van der Waals surface area contributed by atoms with Gasteiger partial charge in [-0.25, -0.2) is 13.1 Å². The SMILES string of the molecule is CCNCc1cc(S(=O)(=O)NCC2CCC(C)CC2)c[nH]1. The van der Waals surface area contributed by atoms with Crippen LogP contribution in [-0.2, 0) is 16.6 Å². The molecule has 1 saturated carbocycles. The van der Waals surface area contributed by atoms with Gasteiger partial charge >= 0.3 is 0 Å². The summed E-state index contributed by atoms with van der Waals surface area (Å²) in [6.07, 6.45) is 6.25. The predicted molar refractivity (Wildman–Crippen MR) is 84.5 cm³/mol. The Morgan fingerprint density at radius 3 is 2.67 bits per heavy atom. The number of nitrogens with one attached hydrogen (secondary N) is 3. The summed E-state index contributed by atoms with van der Waals surface area (Å²) in [5, 5.41) is 3.17. The van der Waals surface area contributed by atoms with Crippen LogP contribution >= 0.6 is 0 Å². The lowest BCUT2D eigenvalue weighted by Gasteiger charge is -2.26. The van der Waals surface area contributed by atoms with Crippen LogP contribution in [0.1, 0.15) is 45.2 Å². The van der Waals surface area contributed by atoms with Gasteiger partial charge in [0.05, 0.1) is 4.90 Å². The fraction of sp³-hybridized carbons (Fsp3) is 0.733. The van der Waals surface area contributed by atoms with Gasteiger partial charge < -0.3 is 10.3 Å². The largest absolute Gasteiger partial charge is 0.363 e. The molecule has 0 amide bonds. The number of sulfonamides is 1. The van der Waals surface area contributed by atoms with Crippen molar-refractivity contribution in [3.63, 3.8) is 0 Å². The number of H-pyrrole nitrogens is 1. The van der Waals surface area contributed by atoms with Gasteiger partial charge in [-0.15, -0.1) is 0 Å². The van der Waals surface area contributed by atoms with Crippen molar-refractivity contribution < 1.29 is 8.42 Å². The Morgan fingerprint density at radius 2 is 2.00 bits per heavy atom. The topological polar surface area (TPSA) is 74.0 Å². The average molecular weight is 313 g/mol. The monoisotopic (exact) mass is 313 g/mol. The van der Waals surface area contributed by atoms with Crippen LogP contribution in [0, 0.1) is 11.8 Å². The molecule has 0 spiro atoms. The van der Waals surface area contributed by atoms with E-state index in [1.165, 1.54) is 12.8 Å². The van der Waals surface area contributed by atoms with Crippen molar-refractivity contribution in [2.45, 2.75) is 51.0 Å². The van der Waals surface area contributed by atoms with Gasteiger partial charge in [0.15, 0.2) is 0 Å². The van der Waals surface area contributed by atoms with Gasteiger partial charge in [-0.3, -0.25) is 0 Å². The van der Waals surface area contributed by atoms with Crippen LogP contribution in [0.3, 0.4) is 0 Å². The molecule has 0 radical (unpaired) electrons. The van der Waals surface area contributed by atoms with Crippen LogP contribution in [0.25, 0.3) is 0 Å². The third kappa shape index (κ3) is 4.83. The average Bonchev–Trinajstić information content (AvgIpc) is 2.94. The van der Waals surface area contributed by atoms with Gasteiger partial charge in [-0.05, 0) is 37.3 Å². The highest BCUT2D eigenvalue weighted by Gasteiger charge is 2.21. The van der Waals surface area contributed by atoms with Crippen LogP contribution in [0.4, 0.5) is 0 Å². The predicted octanol–water partition coefficient (Wildman–Crippen LogP) is 2.23. The van der Waals surface area contributed by atoms with Crippen molar-refractivity contribution in [1.29, 1.82) is 0 Å². The Kier molecular flexibility index (Phi) is 5.84. The molecule has 21 heavy (non-hydrogen) atoms. The molecule has 1 aliphatic carbocycles. The fourth-order valence-electron chi connectivity index (χ4n) is 2.78. The van der Waals surface area contributed by atoms with Gasteiger partial charge in [0, 0.05) is 25.0 Å². The Morgan fingerprint density at radius 1 is 1.29 bits per heavy atom. The van der Waals surface area contributed by atoms with Crippen molar-refractivity contribution in [1.82, 2.24) is 15.0 Å². The highest BCUT2D eigenvalue weighted by molar-refractivity contribution is 7.89. The third-order valence-electron chi connectivity index (χ3n) is 4.29. The first-order chi connectivity index (χ1) is 10.0. The molecule has 1 heterocycles. The van der Waals surface area contributed by atoms with E-state index in [9.17, 15) is 8.42 Å². The number of aromatic amines is 1. The first kappa shape index (κ1) is 16.5. The number of rotatable bonds is 7. The molecule has 0 aliphatic heterocycles. The van der Waals surface area contributed by atoms with Crippen molar-refractivity contribution >= 4 is 10.0 Å². The minimum atomic E-state index is -3.39. The Labute approximate surface area is 128 Å². The number of aromatic nitrogens is 1. The van der Waals surface area contributed by atoms with Gasteiger partial charge in [0.25, 0.3) is 0 Å². The second-order valence-corrected chi connectivity index (χ2v) is 7.89. The molecular formula is C15H27N3O2S. The molecule has 5 nitrogen and oxygen atoms in total. The zero-order valence-corrected chi connectivity index (χ0v) is 13.8. The first-order valence-electron chi connectivity index (χ1n) is 7.89.